The summed E-state index contributed by atoms with van der Waals surface area (Å²) in [5, 5.41) is 11.9. The molecule has 72 valence electrons. The molecule has 0 saturated heterocycles. The van der Waals surface area contributed by atoms with Crippen molar-refractivity contribution in [1.82, 2.24) is 4.98 Å². The van der Waals surface area contributed by atoms with Crippen LogP contribution in [0.1, 0.15) is 5.56 Å². The predicted octanol–water partition coefficient (Wildman–Crippen LogP) is 1.11. The Hall–Kier alpha value is -1.48. The molecule has 0 aliphatic carbocycles. The molecule has 0 amide bonds. The van der Waals surface area contributed by atoms with Gasteiger partial charge in [-0.25, -0.2) is 0 Å². The third-order valence-corrected chi connectivity index (χ3v) is 2.30. The molecule has 0 aliphatic rings. The van der Waals surface area contributed by atoms with Crippen LogP contribution in [0, 0.1) is 0 Å². The van der Waals surface area contributed by atoms with Crippen molar-refractivity contribution in [3.63, 3.8) is 0 Å². The van der Waals surface area contributed by atoms with Crippen molar-refractivity contribution in [1.29, 1.82) is 0 Å². The van der Waals surface area contributed by atoms with Gasteiger partial charge in [-0.05, 0) is 23.8 Å². The largest absolute Gasteiger partial charge is 0.550 e. The van der Waals surface area contributed by atoms with Crippen LogP contribution in [0.2, 0.25) is 5.02 Å². The molecule has 4 heteroatoms. The molecule has 1 N–H and O–H groups in total. The first-order valence-corrected chi connectivity index (χ1v) is 4.50. The maximum absolute atomic E-state index is 10.4. The second kappa shape index (κ2) is 3.35. The number of aromatic amines is 1. The van der Waals surface area contributed by atoms with Crippen molar-refractivity contribution in [3.05, 3.63) is 35.0 Å². The Balaban J connectivity index is 2.55. The minimum Gasteiger partial charge on any atom is -0.550 e. The number of H-pyrrole nitrogens is 1. The maximum atomic E-state index is 10.4. The molecule has 14 heavy (non-hydrogen) atoms. The van der Waals surface area contributed by atoms with Gasteiger partial charge < -0.3 is 14.9 Å². The maximum Gasteiger partial charge on any atom is 0.0459 e. The molecule has 0 fully saturated rings. The first kappa shape index (κ1) is 9.09. The fraction of sp³-hybridized carbons (Fsp3) is 0.100. The lowest BCUT2D eigenvalue weighted by Crippen LogP contribution is -2.24. The Kier molecular flexibility index (Phi) is 2.17. The van der Waals surface area contributed by atoms with Gasteiger partial charge in [-0.2, -0.15) is 0 Å². The van der Waals surface area contributed by atoms with Crippen molar-refractivity contribution < 1.29 is 9.90 Å². The first-order valence-electron chi connectivity index (χ1n) is 4.12. The highest BCUT2D eigenvalue weighted by Gasteiger charge is 2.03. The van der Waals surface area contributed by atoms with Gasteiger partial charge in [0.15, 0.2) is 0 Å². The number of aliphatic carboxylic acids is 1. The molecule has 0 aliphatic heterocycles. The van der Waals surface area contributed by atoms with E-state index in [0.29, 0.717) is 10.6 Å². The molecule has 0 radical (unpaired) electrons. The molecule has 0 unspecified atom stereocenters. The topological polar surface area (TPSA) is 55.9 Å². The number of carboxylic acids is 1. The number of fused-ring (bicyclic) bond motifs is 1. The second-order valence-corrected chi connectivity index (χ2v) is 3.49. The van der Waals surface area contributed by atoms with Gasteiger partial charge in [-0.3, -0.25) is 0 Å². The van der Waals surface area contributed by atoms with Crippen LogP contribution < -0.4 is 5.11 Å². The lowest BCUT2D eigenvalue weighted by Gasteiger charge is -2.00. The van der Waals surface area contributed by atoms with E-state index in [2.05, 4.69) is 4.98 Å². The van der Waals surface area contributed by atoms with Gasteiger partial charge in [-0.1, -0.05) is 11.6 Å². The van der Waals surface area contributed by atoms with Crippen LogP contribution in [0.3, 0.4) is 0 Å². The molecule has 0 spiro atoms. The Labute approximate surface area is 85.3 Å². The van der Waals surface area contributed by atoms with E-state index in [0.717, 1.165) is 10.9 Å². The van der Waals surface area contributed by atoms with Crippen LogP contribution >= 0.6 is 11.6 Å². The molecule has 0 atom stereocenters. The lowest BCUT2D eigenvalue weighted by atomic mass is 10.1. The smallest absolute Gasteiger partial charge is 0.0459 e. The van der Waals surface area contributed by atoms with E-state index < -0.39 is 5.97 Å². The molecular weight excluding hydrogens is 202 g/mol. The number of benzene rings is 1. The highest BCUT2D eigenvalue weighted by Crippen LogP contribution is 2.22. The summed E-state index contributed by atoms with van der Waals surface area (Å²) < 4.78 is 0. The third kappa shape index (κ3) is 1.59. The summed E-state index contributed by atoms with van der Waals surface area (Å²) in [5.41, 5.74) is 1.58. The van der Waals surface area contributed by atoms with Gasteiger partial charge >= 0.3 is 0 Å². The molecule has 1 aromatic heterocycles. The number of hydrogen-bond acceptors (Lipinski definition) is 2. The molecule has 1 aromatic carbocycles. The first-order chi connectivity index (χ1) is 6.66. The number of rotatable bonds is 2. The highest BCUT2D eigenvalue weighted by atomic mass is 35.5. The van der Waals surface area contributed by atoms with Crippen molar-refractivity contribution in [3.8, 4) is 0 Å². The van der Waals surface area contributed by atoms with E-state index in [1.807, 2.05) is 6.07 Å². The van der Waals surface area contributed by atoms with E-state index in [-0.39, 0.29) is 6.42 Å². The molecule has 2 aromatic rings. The molecule has 2 rings (SSSR count). The minimum absolute atomic E-state index is 0.0969. The zero-order valence-corrected chi connectivity index (χ0v) is 7.97. The Morgan fingerprint density at radius 1 is 1.50 bits per heavy atom. The average Bonchev–Trinajstić information content (AvgIpc) is 2.47. The number of carbonyl (C=O) groups excluding carboxylic acids is 1. The van der Waals surface area contributed by atoms with Gasteiger partial charge in [0.2, 0.25) is 0 Å². The van der Waals surface area contributed by atoms with E-state index in [9.17, 15) is 9.90 Å². The second-order valence-electron chi connectivity index (χ2n) is 3.05. The standard InChI is InChI=1S/C10H8ClNO2/c11-7-1-2-9-8(4-7)6(5-12-9)3-10(13)14/h1-2,4-5,12H,3H2,(H,13,14)/p-1. The fourth-order valence-electron chi connectivity index (χ4n) is 1.45. The molecule has 1 heterocycles. The van der Waals surface area contributed by atoms with Gasteiger partial charge in [-0.15, -0.1) is 0 Å². The molecular formula is C10H7ClNO2-. The summed E-state index contributed by atoms with van der Waals surface area (Å²) in [4.78, 5) is 13.4. The third-order valence-electron chi connectivity index (χ3n) is 2.06. The predicted molar refractivity (Wildman–Crippen MR) is 52.0 cm³/mol. The molecule has 0 saturated carbocycles. The van der Waals surface area contributed by atoms with Gasteiger partial charge in [0.25, 0.3) is 0 Å². The summed E-state index contributed by atoms with van der Waals surface area (Å²) >= 11 is 5.81. The highest BCUT2D eigenvalue weighted by molar-refractivity contribution is 6.31. The normalized spacial score (nSPS) is 10.6. The van der Waals surface area contributed by atoms with E-state index in [4.69, 9.17) is 11.6 Å². The van der Waals surface area contributed by atoms with Crippen LogP contribution in [0.4, 0.5) is 0 Å². The summed E-state index contributed by atoms with van der Waals surface area (Å²) in [6.45, 7) is 0. The molecule has 0 bridgehead atoms. The van der Waals surface area contributed by atoms with Crippen molar-refractivity contribution in [2.45, 2.75) is 6.42 Å². The average molecular weight is 209 g/mol. The van der Waals surface area contributed by atoms with Crippen molar-refractivity contribution in [2.24, 2.45) is 0 Å². The summed E-state index contributed by atoms with van der Waals surface area (Å²) in [5.74, 6) is -1.09. The summed E-state index contributed by atoms with van der Waals surface area (Å²) in [7, 11) is 0. The van der Waals surface area contributed by atoms with Crippen molar-refractivity contribution >= 4 is 28.5 Å². The number of nitrogens with one attached hydrogen (secondary N) is 1. The van der Waals surface area contributed by atoms with Crippen LogP contribution in [-0.2, 0) is 11.2 Å². The van der Waals surface area contributed by atoms with Crippen LogP contribution in [0.15, 0.2) is 24.4 Å². The number of halogens is 1. The number of carboxylic acid groups (broad SMARTS) is 1. The Morgan fingerprint density at radius 2 is 2.29 bits per heavy atom. The van der Waals surface area contributed by atoms with E-state index in [1.54, 1.807) is 18.3 Å². The van der Waals surface area contributed by atoms with Gasteiger partial charge in [0.05, 0.1) is 0 Å². The number of carbonyl (C=O) groups is 1. The van der Waals surface area contributed by atoms with E-state index >= 15 is 0 Å². The monoisotopic (exact) mass is 208 g/mol. The number of hydrogen-bond donors (Lipinski definition) is 1. The molecule has 3 nitrogen and oxygen atoms in total. The lowest BCUT2D eigenvalue weighted by molar-refractivity contribution is -0.304. The van der Waals surface area contributed by atoms with Crippen LogP contribution in [0.5, 0.6) is 0 Å². The summed E-state index contributed by atoms with van der Waals surface area (Å²) in [6.07, 6.45) is 1.57. The SMILES string of the molecule is O=C([O-])Cc1c[nH]c2ccc(Cl)cc12. The van der Waals surface area contributed by atoms with Crippen LogP contribution in [0.25, 0.3) is 10.9 Å². The quantitative estimate of drug-likeness (QED) is 0.804. The van der Waals surface area contributed by atoms with E-state index in [1.165, 1.54) is 0 Å². The zero-order chi connectivity index (χ0) is 10.1. The Bertz CT molecular complexity index is 490. The van der Waals surface area contributed by atoms with Gasteiger partial charge in [0, 0.05) is 34.5 Å². The zero-order valence-electron chi connectivity index (χ0n) is 7.21. The van der Waals surface area contributed by atoms with Crippen molar-refractivity contribution in [2.75, 3.05) is 0 Å². The van der Waals surface area contributed by atoms with Gasteiger partial charge in [0.1, 0.15) is 0 Å². The fourth-order valence-corrected chi connectivity index (χ4v) is 1.62. The van der Waals surface area contributed by atoms with Crippen LogP contribution in [-0.4, -0.2) is 11.0 Å². The minimum atomic E-state index is -1.09. The summed E-state index contributed by atoms with van der Waals surface area (Å²) in [6, 6.07) is 5.31. The number of aromatic nitrogens is 1. The Morgan fingerprint density at radius 3 is 3.00 bits per heavy atom.